The summed E-state index contributed by atoms with van der Waals surface area (Å²) in [6.45, 7) is 30.6. The van der Waals surface area contributed by atoms with E-state index in [2.05, 4.69) is 281 Å². The molecule has 13 rings (SSSR count). The van der Waals surface area contributed by atoms with Crippen molar-refractivity contribution in [3.8, 4) is 22.3 Å². The van der Waals surface area contributed by atoms with Gasteiger partial charge in [0, 0.05) is 55.7 Å². The summed E-state index contributed by atoms with van der Waals surface area (Å²) in [7, 11) is 0. The van der Waals surface area contributed by atoms with Gasteiger partial charge in [-0.15, -0.1) is 0 Å². The molecule has 0 amide bonds. The van der Waals surface area contributed by atoms with Crippen LogP contribution in [0.2, 0.25) is 0 Å². The van der Waals surface area contributed by atoms with Crippen molar-refractivity contribution in [2.24, 2.45) is 0 Å². The van der Waals surface area contributed by atoms with Gasteiger partial charge in [-0.3, -0.25) is 0 Å². The maximum atomic E-state index is 6.95. The number of aryl methyl sites for hydroxylation is 1. The van der Waals surface area contributed by atoms with Crippen LogP contribution in [0.25, 0.3) is 87.5 Å². The summed E-state index contributed by atoms with van der Waals surface area (Å²) in [4.78, 5) is 2.60. The monoisotopic (exact) mass is 1000 g/mol. The highest BCUT2D eigenvalue weighted by Crippen LogP contribution is 2.49. The van der Waals surface area contributed by atoms with E-state index in [1.165, 1.54) is 98.9 Å². The number of fused-ring (bicyclic) bond motifs is 10. The zero-order chi connectivity index (χ0) is 53.7. The minimum Gasteiger partial charge on any atom is -0.456 e. The summed E-state index contributed by atoms with van der Waals surface area (Å²) in [5.41, 5.74) is 21.1. The summed E-state index contributed by atoms with van der Waals surface area (Å²) < 4.78 is 9.70. The molecule has 380 valence electrons. The summed E-state index contributed by atoms with van der Waals surface area (Å²) in [5, 5.41) is 10.1. The second kappa shape index (κ2) is 17.1. The van der Waals surface area contributed by atoms with E-state index in [9.17, 15) is 0 Å². The predicted molar refractivity (Wildman–Crippen MR) is 334 cm³/mol. The summed E-state index contributed by atoms with van der Waals surface area (Å²) in [6.07, 6.45) is 0. The summed E-state index contributed by atoms with van der Waals surface area (Å²) in [5.74, 6) is 0. The van der Waals surface area contributed by atoms with Gasteiger partial charge < -0.3 is 13.8 Å². The molecule has 0 bridgehead atoms. The van der Waals surface area contributed by atoms with Gasteiger partial charge >= 0.3 is 6.85 Å². The van der Waals surface area contributed by atoms with E-state index in [0.717, 1.165) is 44.4 Å². The van der Waals surface area contributed by atoms with E-state index < -0.39 is 0 Å². The number of benzene rings is 10. The number of anilines is 3. The van der Waals surface area contributed by atoms with Gasteiger partial charge in [0.1, 0.15) is 11.2 Å². The first-order valence-electron chi connectivity index (χ1n) is 27.8. The third-order valence-electron chi connectivity index (χ3n) is 16.7. The average Bonchev–Trinajstić information content (AvgIpc) is 4.19. The highest BCUT2D eigenvalue weighted by atomic mass is 16.3. The Balaban J connectivity index is 1.26. The van der Waals surface area contributed by atoms with Crippen molar-refractivity contribution in [3.05, 3.63) is 210 Å². The third-order valence-corrected chi connectivity index (χ3v) is 16.7. The Bertz CT molecular complexity index is 4320. The van der Waals surface area contributed by atoms with Gasteiger partial charge in [-0.1, -0.05) is 210 Å². The number of nitrogens with zero attached hydrogens (tertiary/aromatic N) is 2. The topological polar surface area (TPSA) is 21.3 Å². The second-order valence-electron chi connectivity index (χ2n) is 26.3. The molecule has 0 saturated heterocycles. The molecule has 0 unspecified atom stereocenters. The van der Waals surface area contributed by atoms with Gasteiger partial charge in [-0.2, -0.15) is 0 Å². The zero-order valence-electron chi connectivity index (χ0n) is 47.2. The highest BCUT2D eigenvalue weighted by Gasteiger charge is 2.41. The van der Waals surface area contributed by atoms with Gasteiger partial charge in [-0.25, -0.2) is 0 Å². The lowest BCUT2D eigenvalue weighted by Gasteiger charge is -2.39. The van der Waals surface area contributed by atoms with Gasteiger partial charge in [0.15, 0.2) is 0 Å². The summed E-state index contributed by atoms with van der Waals surface area (Å²) >= 11 is 0. The predicted octanol–water partition coefficient (Wildman–Crippen LogP) is 19.3. The van der Waals surface area contributed by atoms with Crippen molar-refractivity contribution in [1.29, 1.82) is 0 Å². The molecule has 3 heterocycles. The van der Waals surface area contributed by atoms with Crippen molar-refractivity contribution in [3.63, 3.8) is 0 Å². The van der Waals surface area contributed by atoms with Crippen LogP contribution in [0.15, 0.2) is 186 Å². The lowest BCUT2D eigenvalue weighted by molar-refractivity contribution is 0.590. The fourth-order valence-corrected chi connectivity index (χ4v) is 13.2. The molecule has 77 heavy (non-hydrogen) atoms. The van der Waals surface area contributed by atoms with Crippen molar-refractivity contribution >= 4 is 100 Å². The van der Waals surface area contributed by atoms with Gasteiger partial charge in [0.2, 0.25) is 0 Å². The smallest absolute Gasteiger partial charge is 0.332 e. The molecule has 0 radical (unpaired) electrons. The Labute approximate surface area is 455 Å². The molecule has 0 fully saturated rings. The minimum absolute atomic E-state index is 0.0412. The van der Waals surface area contributed by atoms with Crippen molar-refractivity contribution < 1.29 is 4.42 Å². The van der Waals surface area contributed by atoms with E-state index in [4.69, 9.17) is 4.42 Å². The number of aromatic nitrogens is 1. The first kappa shape index (κ1) is 48.8. The molecule has 0 saturated carbocycles. The highest BCUT2D eigenvalue weighted by molar-refractivity contribution is 6.88. The van der Waals surface area contributed by atoms with Crippen LogP contribution in [0, 0.1) is 6.92 Å². The van der Waals surface area contributed by atoms with Crippen LogP contribution in [0.5, 0.6) is 0 Å². The van der Waals surface area contributed by atoms with E-state index in [-0.39, 0.29) is 28.5 Å². The van der Waals surface area contributed by atoms with Crippen LogP contribution in [-0.2, 0) is 21.7 Å². The Hall–Kier alpha value is -7.82. The molecule has 12 aromatic rings. The fraction of sp³-hybridized carbons (Fsp3) is 0.233. The Morgan fingerprint density at radius 1 is 0.364 bits per heavy atom. The zero-order valence-corrected chi connectivity index (χ0v) is 47.2. The van der Waals surface area contributed by atoms with Gasteiger partial charge in [0.25, 0.3) is 0 Å². The quantitative estimate of drug-likeness (QED) is 0.129. The molecule has 1 aliphatic heterocycles. The number of furan rings is 1. The Morgan fingerprint density at radius 2 is 0.870 bits per heavy atom. The molecule has 1 aliphatic rings. The molecule has 0 N–H and O–H groups in total. The van der Waals surface area contributed by atoms with Gasteiger partial charge in [0.05, 0.1) is 0 Å². The van der Waals surface area contributed by atoms with Crippen LogP contribution in [-0.4, -0.2) is 11.3 Å². The lowest BCUT2D eigenvalue weighted by Crippen LogP contribution is -2.55. The van der Waals surface area contributed by atoms with Crippen LogP contribution < -0.4 is 15.8 Å². The Morgan fingerprint density at radius 3 is 1.44 bits per heavy atom. The molecule has 0 spiro atoms. The summed E-state index contributed by atoms with van der Waals surface area (Å²) in [6, 6.07) is 69.2. The molecule has 10 aromatic carbocycles. The van der Waals surface area contributed by atoms with Crippen LogP contribution in [0.3, 0.4) is 0 Å². The minimum atomic E-state index is -0.248. The molecule has 4 heteroatoms. The molecule has 0 aliphatic carbocycles. The number of hydrogen-bond acceptors (Lipinski definition) is 2. The standard InChI is InChI=1S/C73H69BN2O/c1-44-34-50(71(5,6)7)39-59-55-38-49(70(2,3)4)32-33-62(55)76(69(44)59)74-60-40-56-52-28-22-23-31-65(52)77-66(56)43-64(60)75(51-36-47(45-24-16-14-17-25-45)35-48(37-51)46-26-18-15-19-27-46)63-42-58-57(41-61(63)74)67(72(8,9)10)53-29-20-21-30-54(53)68(58)73(11,12)13/h14-43H,1-13H3. The SMILES string of the molecule is Cc1cc(C(C)(C)C)cc2c3cc(C(C)(C)C)ccc3n(B3c4cc5c(cc4N(c4cc(-c6ccccc6)cc(-c6ccccc6)c4)c4cc6c(C(C)(C)C)c7ccccc7c(C(C)(C)C)c6cc43)oc3ccccc35)c12. The van der Waals surface area contributed by atoms with Crippen molar-refractivity contribution in [2.75, 3.05) is 4.90 Å². The lowest BCUT2D eigenvalue weighted by atomic mass is 9.47. The molecule has 0 atom stereocenters. The first-order chi connectivity index (χ1) is 36.6. The average molecular weight is 1000 g/mol. The third kappa shape index (κ3) is 7.84. The number of hydrogen-bond donors (Lipinski definition) is 0. The van der Waals surface area contributed by atoms with Crippen molar-refractivity contribution in [2.45, 2.75) is 112 Å². The largest absolute Gasteiger partial charge is 0.456 e. The first-order valence-corrected chi connectivity index (χ1v) is 27.8. The van der Waals surface area contributed by atoms with Crippen molar-refractivity contribution in [1.82, 2.24) is 4.48 Å². The van der Waals surface area contributed by atoms with E-state index in [0.29, 0.717) is 0 Å². The number of rotatable bonds is 4. The van der Waals surface area contributed by atoms with E-state index >= 15 is 0 Å². The fourth-order valence-electron chi connectivity index (χ4n) is 13.2. The van der Waals surface area contributed by atoms with Crippen LogP contribution in [0.1, 0.15) is 111 Å². The van der Waals surface area contributed by atoms with E-state index in [1.807, 2.05) is 0 Å². The van der Waals surface area contributed by atoms with Crippen LogP contribution in [0.4, 0.5) is 17.1 Å². The number of para-hydroxylation sites is 1. The Kier molecular flexibility index (Phi) is 10.8. The second-order valence-corrected chi connectivity index (χ2v) is 26.3. The normalized spacial score (nSPS) is 13.5. The van der Waals surface area contributed by atoms with Gasteiger partial charge in [-0.05, 0) is 160 Å². The molecule has 2 aromatic heterocycles. The molecular weight excluding hydrogens is 932 g/mol. The maximum Gasteiger partial charge on any atom is 0.332 e. The molecule has 3 nitrogen and oxygen atoms in total. The van der Waals surface area contributed by atoms with E-state index in [1.54, 1.807) is 0 Å². The van der Waals surface area contributed by atoms with Crippen LogP contribution >= 0.6 is 0 Å². The maximum absolute atomic E-state index is 6.95. The molecular formula is C73H69BN2O.